The van der Waals surface area contributed by atoms with E-state index < -0.39 is 0 Å². The van der Waals surface area contributed by atoms with Gasteiger partial charge in [0.05, 0.1) is 12.7 Å². The van der Waals surface area contributed by atoms with Gasteiger partial charge in [-0.1, -0.05) is 35.9 Å². The summed E-state index contributed by atoms with van der Waals surface area (Å²) in [4.78, 5) is 12.4. The van der Waals surface area contributed by atoms with E-state index in [1.165, 1.54) is 0 Å². The van der Waals surface area contributed by atoms with Crippen LogP contribution in [0.4, 0.5) is 0 Å². The fourth-order valence-electron chi connectivity index (χ4n) is 1.85. The first-order valence-electron chi connectivity index (χ1n) is 5.88. The number of carbonyl (C=O) groups excluding carboxylic acids is 1. The number of ether oxygens (including phenoxy) is 1. The van der Waals surface area contributed by atoms with Crippen molar-refractivity contribution in [3.05, 3.63) is 64.7 Å². The topological polar surface area (TPSA) is 26.3 Å². The normalized spacial score (nSPS) is 10.2. The van der Waals surface area contributed by atoms with E-state index in [9.17, 15) is 4.79 Å². The SMILES string of the molecule is COc1cc(C)ccc1C(=O)c1ccc(C)cc1. The van der Waals surface area contributed by atoms with Crippen molar-refractivity contribution >= 4 is 5.78 Å². The molecule has 0 heterocycles. The molecular formula is C16H16O2. The van der Waals surface area contributed by atoms with Gasteiger partial charge in [-0.25, -0.2) is 0 Å². The third kappa shape index (κ3) is 2.43. The maximum atomic E-state index is 12.4. The molecule has 2 rings (SSSR count). The second kappa shape index (κ2) is 5.05. The Bertz CT molecular complexity index is 568. The summed E-state index contributed by atoms with van der Waals surface area (Å²) >= 11 is 0. The minimum atomic E-state index is -0.00755. The Kier molecular flexibility index (Phi) is 3.47. The highest BCUT2D eigenvalue weighted by Crippen LogP contribution is 2.23. The molecule has 0 amide bonds. The molecule has 2 aromatic carbocycles. The van der Waals surface area contributed by atoms with Gasteiger partial charge in [-0.2, -0.15) is 0 Å². The van der Waals surface area contributed by atoms with Crippen molar-refractivity contribution in [1.82, 2.24) is 0 Å². The van der Waals surface area contributed by atoms with Gasteiger partial charge in [0.25, 0.3) is 0 Å². The van der Waals surface area contributed by atoms with E-state index in [0.717, 1.165) is 11.1 Å². The van der Waals surface area contributed by atoms with Crippen LogP contribution in [0.1, 0.15) is 27.0 Å². The van der Waals surface area contributed by atoms with E-state index in [2.05, 4.69) is 0 Å². The lowest BCUT2D eigenvalue weighted by molar-refractivity contribution is 0.103. The van der Waals surface area contributed by atoms with E-state index in [4.69, 9.17) is 4.74 Å². The molecule has 0 fully saturated rings. The lowest BCUT2D eigenvalue weighted by atomic mass is 10.0. The highest BCUT2D eigenvalue weighted by atomic mass is 16.5. The van der Waals surface area contributed by atoms with Crippen molar-refractivity contribution in [3.8, 4) is 5.75 Å². The molecule has 0 saturated heterocycles. The number of rotatable bonds is 3. The molecule has 18 heavy (non-hydrogen) atoms. The van der Waals surface area contributed by atoms with Gasteiger partial charge < -0.3 is 4.74 Å². The van der Waals surface area contributed by atoms with Crippen molar-refractivity contribution < 1.29 is 9.53 Å². The molecule has 2 heteroatoms. The number of aryl methyl sites for hydroxylation is 2. The Morgan fingerprint density at radius 1 is 0.944 bits per heavy atom. The molecule has 0 aliphatic rings. The molecule has 0 radical (unpaired) electrons. The van der Waals surface area contributed by atoms with Crippen LogP contribution in [0.5, 0.6) is 5.75 Å². The van der Waals surface area contributed by atoms with Crippen LogP contribution in [0.2, 0.25) is 0 Å². The zero-order valence-electron chi connectivity index (χ0n) is 10.9. The summed E-state index contributed by atoms with van der Waals surface area (Å²) in [5.41, 5.74) is 3.50. The number of methoxy groups -OCH3 is 1. The number of benzene rings is 2. The predicted octanol–water partition coefficient (Wildman–Crippen LogP) is 3.54. The molecule has 0 bridgehead atoms. The number of carbonyl (C=O) groups is 1. The van der Waals surface area contributed by atoms with Crippen molar-refractivity contribution in [2.45, 2.75) is 13.8 Å². The third-order valence-electron chi connectivity index (χ3n) is 2.92. The van der Waals surface area contributed by atoms with Crippen molar-refractivity contribution in [1.29, 1.82) is 0 Å². The smallest absolute Gasteiger partial charge is 0.196 e. The summed E-state index contributed by atoms with van der Waals surface area (Å²) < 4.78 is 5.27. The summed E-state index contributed by atoms with van der Waals surface area (Å²) in [5.74, 6) is 0.618. The van der Waals surface area contributed by atoms with Crippen LogP contribution in [0.25, 0.3) is 0 Å². The molecule has 0 saturated carbocycles. The lowest BCUT2D eigenvalue weighted by Gasteiger charge is -2.08. The average Bonchev–Trinajstić information content (AvgIpc) is 2.38. The van der Waals surface area contributed by atoms with E-state index in [-0.39, 0.29) is 5.78 Å². The van der Waals surface area contributed by atoms with Crippen LogP contribution in [-0.4, -0.2) is 12.9 Å². The van der Waals surface area contributed by atoms with E-state index in [1.807, 2.05) is 56.3 Å². The largest absolute Gasteiger partial charge is 0.496 e. The van der Waals surface area contributed by atoms with Crippen LogP contribution in [0, 0.1) is 13.8 Å². The summed E-state index contributed by atoms with van der Waals surface area (Å²) in [7, 11) is 1.58. The standard InChI is InChI=1S/C16H16O2/c1-11-4-7-13(8-5-11)16(17)14-9-6-12(2)10-15(14)18-3/h4-10H,1-3H3. The van der Waals surface area contributed by atoms with Gasteiger partial charge >= 0.3 is 0 Å². The first kappa shape index (κ1) is 12.4. The fourth-order valence-corrected chi connectivity index (χ4v) is 1.85. The van der Waals surface area contributed by atoms with Crippen LogP contribution in [0.15, 0.2) is 42.5 Å². The second-order valence-corrected chi connectivity index (χ2v) is 4.40. The highest BCUT2D eigenvalue weighted by molar-refractivity contribution is 6.10. The monoisotopic (exact) mass is 240 g/mol. The molecule has 0 N–H and O–H groups in total. The average molecular weight is 240 g/mol. The van der Waals surface area contributed by atoms with E-state index in [1.54, 1.807) is 7.11 Å². The van der Waals surface area contributed by atoms with Crippen LogP contribution < -0.4 is 4.74 Å². The zero-order chi connectivity index (χ0) is 13.1. The Labute approximate surface area is 107 Å². The van der Waals surface area contributed by atoms with Crippen molar-refractivity contribution in [3.63, 3.8) is 0 Å². The van der Waals surface area contributed by atoms with Gasteiger partial charge in [-0.3, -0.25) is 4.79 Å². The molecule has 0 aromatic heterocycles. The van der Waals surface area contributed by atoms with Gasteiger partial charge in [-0.15, -0.1) is 0 Å². The summed E-state index contributed by atoms with van der Waals surface area (Å²) in [6, 6.07) is 13.2. The van der Waals surface area contributed by atoms with Gasteiger partial charge in [-0.05, 0) is 31.5 Å². The molecule has 2 nitrogen and oxygen atoms in total. The highest BCUT2D eigenvalue weighted by Gasteiger charge is 2.14. The molecule has 0 aliphatic carbocycles. The molecule has 0 unspecified atom stereocenters. The minimum absolute atomic E-state index is 0.00755. The Morgan fingerprint density at radius 2 is 1.56 bits per heavy atom. The van der Waals surface area contributed by atoms with Gasteiger partial charge in [0.2, 0.25) is 0 Å². The van der Waals surface area contributed by atoms with E-state index >= 15 is 0 Å². The number of hydrogen-bond acceptors (Lipinski definition) is 2. The molecule has 92 valence electrons. The third-order valence-corrected chi connectivity index (χ3v) is 2.92. The molecule has 0 atom stereocenters. The molecule has 2 aromatic rings. The first-order chi connectivity index (χ1) is 8.61. The number of ketones is 1. The van der Waals surface area contributed by atoms with Crippen molar-refractivity contribution in [2.24, 2.45) is 0 Å². The summed E-state index contributed by atoms with van der Waals surface area (Å²) in [6.45, 7) is 3.98. The quantitative estimate of drug-likeness (QED) is 0.767. The van der Waals surface area contributed by atoms with Gasteiger partial charge in [0.15, 0.2) is 5.78 Å². The second-order valence-electron chi connectivity index (χ2n) is 4.40. The van der Waals surface area contributed by atoms with Crippen LogP contribution in [-0.2, 0) is 0 Å². The maximum Gasteiger partial charge on any atom is 0.196 e. The molecule has 0 spiro atoms. The maximum absolute atomic E-state index is 12.4. The van der Waals surface area contributed by atoms with Gasteiger partial charge in [0, 0.05) is 5.56 Å². The van der Waals surface area contributed by atoms with Gasteiger partial charge in [0.1, 0.15) is 5.75 Å². The lowest BCUT2D eigenvalue weighted by Crippen LogP contribution is -2.04. The Balaban J connectivity index is 2.42. The number of hydrogen-bond donors (Lipinski definition) is 0. The van der Waals surface area contributed by atoms with Crippen LogP contribution in [0.3, 0.4) is 0 Å². The molecular weight excluding hydrogens is 224 g/mol. The minimum Gasteiger partial charge on any atom is -0.496 e. The summed E-state index contributed by atoms with van der Waals surface area (Å²) in [6.07, 6.45) is 0. The zero-order valence-corrected chi connectivity index (χ0v) is 10.9. The fraction of sp³-hybridized carbons (Fsp3) is 0.188. The Morgan fingerprint density at radius 3 is 2.17 bits per heavy atom. The predicted molar refractivity (Wildman–Crippen MR) is 72.3 cm³/mol. The van der Waals surface area contributed by atoms with Crippen molar-refractivity contribution in [2.75, 3.05) is 7.11 Å². The Hall–Kier alpha value is -2.09. The first-order valence-corrected chi connectivity index (χ1v) is 5.88. The molecule has 0 aliphatic heterocycles. The summed E-state index contributed by atoms with van der Waals surface area (Å²) in [5, 5.41) is 0. The van der Waals surface area contributed by atoms with Crippen LogP contribution >= 0.6 is 0 Å². The van der Waals surface area contributed by atoms with E-state index in [0.29, 0.717) is 16.9 Å².